The first kappa shape index (κ1) is 21.9. The van der Waals surface area contributed by atoms with E-state index in [0.29, 0.717) is 42.2 Å². The molecule has 0 radical (unpaired) electrons. The lowest BCUT2D eigenvalue weighted by molar-refractivity contribution is -0.177. The number of anilines is 1. The van der Waals surface area contributed by atoms with Crippen molar-refractivity contribution in [1.82, 2.24) is 15.0 Å². The van der Waals surface area contributed by atoms with Crippen molar-refractivity contribution in [2.45, 2.75) is 13.1 Å². The van der Waals surface area contributed by atoms with Crippen molar-refractivity contribution in [3.05, 3.63) is 89.9 Å². The van der Waals surface area contributed by atoms with Crippen LogP contribution in [-0.2, 0) is 9.57 Å². The Labute approximate surface area is 196 Å². The van der Waals surface area contributed by atoms with Crippen LogP contribution < -0.4 is 5.32 Å². The maximum atomic E-state index is 14.1. The lowest BCUT2D eigenvalue weighted by Gasteiger charge is -2.35. The number of hydrogen-bond donors (Lipinski definition) is 1. The second-order valence-corrected chi connectivity index (χ2v) is 7.96. The molecule has 0 saturated carbocycles. The molecule has 1 N–H and O–H groups in total. The van der Waals surface area contributed by atoms with Crippen LogP contribution in [0.15, 0.2) is 72.9 Å². The zero-order valence-electron chi connectivity index (χ0n) is 18.6. The van der Waals surface area contributed by atoms with Gasteiger partial charge in [0, 0.05) is 23.2 Å². The molecule has 0 aliphatic carbocycles. The summed E-state index contributed by atoms with van der Waals surface area (Å²) < 4.78 is 19.7. The maximum absolute atomic E-state index is 14.1. The van der Waals surface area contributed by atoms with E-state index in [1.807, 2.05) is 31.2 Å². The van der Waals surface area contributed by atoms with E-state index in [1.165, 1.54) is 12.1 Å². The van der Waals surface area contributed by atoms with Crippen LogP contribution in [-0.4, -0.2) is 46.9 Å². The molecule has 8 heteroatoms. The molecule has 1 atom stereocenters. The van der Waals surface area contributed by atoms with Crippen molar-refractivity contribution in [3.63, 3.8) is 0 Å². The number of aromatic nitrogens is 2. The van der Waals surface area contributed by atoms with Crippen LogP contribution in [0.1, 0.15) is 15.9 Å². The summed E-state index contributed by atoms with van der Waals surface area (Å²) in [6.07, 6.45) is 1.24. The van der Waals surface area contributed by atoms with Crippen molar-refractivity contribution in [3.8, 4) is 11.4 Å². The molecule has 0 spiro atoms. The third-order valence-corrected chi connectivity index (χ3v) is 5.70. The number of ether oxygens (including phenoxy) is 1. The van der Waals surface area contributed by atoms with E-state index in [-0.39, 0.29) is 5.82 Å². The predicted molar refractivity (Wildman–Crippen MR) is 126 cm³/mol. The second-order valence-electron chi connectivity index (χ2n) is 7.96. The lowest BCUT2D eigenvalue weighted by atomic mass is 10.0. The van der Waals surface area contributed by atoms with Crippen LogP contribution in [0.2, 0.25) is 0 Å². The van der Waals surface area contributed by atoms with Gasteiger partial charge in [0.2, 0.25) is 0 Å². The molecular formula is C26H23FN4O3. The summed E-state index contributed by atoms with van der Waals surface area (Å²) in [5.41, 5.74) is 3.89. The molecule has 1 unspecified atom stereocenters. The van der Waals surface area contributed by atoms with Crippen molar-refractivity contribution < 1.29 is 18.8 Å². The molecule has 1 aliphatic rings. The Hall–Kier alpha value is -3.88. The topological polar surface area (TPSA) is 76.6 Å². The highest BCUT2D eigenvalue weighted by molar-refractivity contribution is 5.96. The molecule has 0 bridgehead atoms. The van der Waals surface area contributed by atoms with Gasteiger partial charge in [-0.05, 0) is 43.3 Å². The van der Waals surface area contributed by atoms with Gasteiger partial charge in [0.1, 0.15) is 12.0 Å². The number of halogens is 1. The summed E-state index contributed by atoms with van der Waals surface area (Å²) >= 11 is 0. The minimum atomic E-state index is -0.452. The molecule has 1 aliphatic heterocycles. The van der Waals surface area contributed by atoms with E-state index >= 15 is 0 Å². The van der Waals surface area contributed by atoms with Crippen molar-refractivity contribution in [1.29, 1.82) is 0 Å². The van der Waals surface area contributed by atoms with Crippen molar-refractivity contribution in [2.24, 2.45) is 0 Å². The highest BCUT2D eigenvalue weighted by Crippen LogP contribution is 2.34. The van der Waals surface area contributed by atoms with Crippen molar-refractivity contribution >= 4 is 22.6 Å². The van der Waals surface area contributed by atoms with E-state index in [9.17, 15) is 9.18 Å². The van der Waals surface area contributed by atoms with Gasteiger partial charge in [-0.1, -0.05) is 24.3 Å². The smallest absolute Gasteiger partial charge is 0.357 e. The SMILES string of the molecule is Cc1c(-c2ccccn2)nc2cc(F)ccc2c1NC1COCCN1OC(=O)c1ccccc1. The number of hydrogen-bond acceptors (Lipinski definition) is 7. The summed E-state index contributed by atoms with van der Waals surface area (Å²) in [6, 6.07) is 18.9. The van der Waals surface area contributed by atoms with Crippen LogP contribution in [0.25, 0.3) is 22.3 Å². The van der Waals surface area contributed by atoms with Gasteiger partial charge in [-0.3, -0.25) is 4.98 Å². The zero-order valence-corrected chi connectivity index (χ0v) is 18.6. The number of nitrogens with one attached hydrogen (secondary N) is 1. The van der Waals surface area contributed by atoms with Gasteiger partial charge in [-0.15, -0.1) is 5.06 Å². The molecule has 0 amide bonds. The summed E-state index contributed by atoms with van der Waals surface area (Å²) in [5.74, 6) is -0.817. The van der Waals surface area contributed by atoms with Crippen LogP contribution in [0.4, 0.5) is 10.1 Å². The Balaban J connectivity index is 1.51. The van der Waals surface area contributed by atoms with Crippen LogP contribution in [0.5, 0.6) is 0 Å². The largest absolute Gasteiger partial charge is 0.376 e. The lowest BCUT2D eigenvalue weighted by Crippen LogP contribution is -2.50. The van der Waals surface area contributed by atoms with E-state index in [1.54, 1.807) is 41.6 Å². The van der Waals surface area contributed by atoms with Gasteiger partial charge in [0.25, 0.3) is 0 Å². The number of fused-ring (bicyclic) bond motifs is 1. The quantitative estimate of drug-likeness (QED) is 0.469. The maximum Gasteiger partial charge on any atom is 0.357 e. The third-order valence-electron chi connectivity index (χ3n) is 5.70. The molecule has 172 valence electrons. The monoisotopic (exact) mass is 458 g/mol. The summed E-state index contributed by atoms with van der Waals surface area (Å²) in [5, 5.41) is 5.80. The fraction of sp³-hybridized carbons (Fsp3) is 0.192. The average molecular weight is 458 g/mol. The van der Waals surface area contributed by atoms with Gasteiger partial charge in [0.05, 0.1) is 47.9 Å². The molecule has 34 heavy (non-hydrogen) atoms. The molecule has 1 saturated heterocycles. The Morgan fingerprint density at radius 2 is 1.97 bits per heavy atom. The number of rotatable bonds is 5. The fourth-order valence-corrected chi connectivity index (χ4v) is 3.98. The summed E-state index contributed by atoms with van der Waals surface area (Å²) in [7, 11) is 0. The number of carbonyl (C=O) groups is 1. The van der Waals surface area contributed by atoms with Gasteiger partial charge in [-0.2, -0.15) is 0 Å². The predicted octanol–water partition coefficient (Wildman–Crippen LogP) is 4.59. The second kappa shape index (κ2) is 9.54. The Morgan fingerprint density at radius 3 is 2.76 bits per heavy atom. The zero-order chi connectivity index (χ0) is 23.5. The molecule has 5 rings (SSSR count). The van der Waals surface area contributed by atoms with E-state index in [2.05, 4.69) is 10.3 Å². The standard InChI is InChI=1S/C26H23FN4O3/c1-17-24(20-11-10-19(27)15-22(20)29-25(17)21-9-5-6-12-28-21)30-23-16-33-14-13-31(23)34-26(32)18-7-3-2-4-8-18/h2-12,15,23H,13-14,16H2,1H3,(H,29,30). The summed E-state index contributed by atoms with van der Waals surface area (Å²) in [4.78, 5) is 27.5. The van der Waals surface area contributed by atoms with Gasteiger partial charge < -0.3 is 14.9 Å². The fourth-order valence-electron chi connectivity index (χ4n) is 3.98. The van der Waals surface area contributed by atoms with Gasteiger partial charge in [0.15, 0.2) is 0 Å². The average Bonchev–Trinajstić information content (AvgIpc) is 2.87. The minimum absolute atomic E-state index is 0.297. The van der Waals surface area contributed by atoms with E-state index < -0.39 is 12.1 Å². The highest BCUT2D eigenvalue weighted by atomic mass is 19.1. The first-order chi connectivity index (χ1) is 16.6. The Bertz CT molecular complexity index is 1320. The molecule has 1 fully saturated rings. The van der Waals surface area contributed by atoms with Gasteiger partial charge in [-0.25, -0.2) is 14.2 Å². The minimum Gasteiger partial charge on any atom is -0.376 e. The first-order valence-electron chi connectivity index (χ1n) is 11.0. The number of benzene rings is 2. The highest BCUT2D eigenvalue weighted by Gasteiger charge is 2.28. The molecule has 4 aromatic rings. The third kappa shape index (κ3) is 4.46. The number of carbonyl (C=O) groups excluding carboxylic acids is 1. The molecule has 3 heterocycles. The number of hydroxylamine groups is 2. The van der Waals surface area contributed by atoms with E-state index in [4.69, 9.17) is 14.6 Å². The molecule has 7 nitrogen and oxygen atoms in total. The van der Waals surface area contributed by atoms with Crippen LogP contribution >= 0.6 is 0 Å². The first-order valence-corrected chi connectivity index (χ1v) is 11.0. The number of morpholine rings is 1. The van der Waals surface area contributed by atoms with Crippen molar-refractivity contribution in [2.75, 3.05) is 25.1 Å². The Kier molecular flexibility index (Phi) is 6.16. The van der Waals surface area contributed by atoms with E-state index in [0.717, 1.165) is 16.6 Å². The molecule has 2 aromatic carbocycles. The number of nitrogens with zero attached hydrogens (tertiary/aromatic N) is 3. The normalized spacial score (nSPS) is 16.4. The van der Waals surface area contributed by atoms with Crippen LogP contribution in [0, 0.1) is 12.7 Å². The Morgan fingerprint density at radius 1 is 1.15 bits per heavy atom. The summed E-state index contributed by atoms with van der Waals surface area (Å²) in [6.45, 7) is 3.07. The number of pyridine rings is 2. The van der Waals surface area contributed by atoms with Crippen LogP contribution in [0.3, 0.4) is 0 Å². The molecule has 2 aromatic heterocycles. The molecular weight excluding hydrogens is 435 g/mol. The van der Waals surface area contributed by atoms with Gasteiger partial charge >= 0.3 is 5.97 Å².